The predicted octanol–water partition coefficient (Wildman–Crippen LogP) is 6.32. The number of nitrogens with one attached hydrogen (secondary N) is 1. The van der Waals surface area contributed by atoms with Crippen LogP contribution in [-0.2, 0) is 0 Å². The normalized spacial score (nSPS) is 10.6. The first-order valence-corrected chi connectivity index (χ1v) is 12.6. The van der Waals surface area contributed by atoms with Gasteiger partial charge in [0.1, 0.15) is 11.5 Å². The summed E-state index contributed by atoms with van der Waals surface area (Å²) in [5.74, 6) is -0.965. The Bertz CT molecular complexity index is 1790. The average Bonchev–Trinajstić information content (AvgIpc) is 2.98. The molecular weight excluding hydrogens is 520 g/mol. The van der Waals surface area contributed by atoms with Crippen molar-refractivity contribution in [1.29, 1.82) is 0 Å². The second-order valence-electron chi connectivity index (χ2n) is 9.24. The van der Waals surface area contributed by atoms with Crippen LogP contribution >= 0.6 is 0 Å². The minimum atomic E-state index is -0.619. The first-order chi connectivity index (χ1) is 19.7. The van der Waals surface area contributed by atoms with E-state index in [4.69, 9.17) is 15.2 Å². The molecule has 41 heavy (non-hydrogen) atoms. The highest BCUT2D eigenvalue weighted by Crippen LogP contribution is 2.24. The van der Waals surface area contributed by atoms with E-state index < -0.39 is 17.8 Å². The summed E-state index contributed by atoms with van der Waals surface area (Å²) in [6, 6.07) is 29.3. The van der Waals surface area contributed by atoms with Gasteiger partial charge in [0, 0.05) is 22.5 Å². The monoisotopic (exact) mass is 544 g/mol. The van der Waals surface area contributed by atoms with Gasteiger partial charge in [0.25, 0.3) is 5.91 Å². The number of Topliss-reactive ketones (excluding diaryl/α,β-unsaturated/α-hetero) is 1. The van der Waals surface area contributed by atoms with E-state index >= 15 is 0 Å². The number of amides is 1. The van der Waals surface area contributed by atoms with Gasteiger partial charge >= 0.3 is 11.9 Å². The smallest absolute Gasteiger partial charge is 0.343 e. The second-order valence-corrected chi connectivity index (χ2v) is 9.24. The maximum Gasteiger partial charge on any atom is 0.343 e. The Balaban J connectivity index is 1.22. The summed E-state index contributed by atoms with van der Waals surface area (Å²) in [6.07, 6.45) is 0. The second kappa shape index (κ2) is 11.5. The highest BCUT2D eigenvalue weighted by Gasteiger charge is 2.14. The fourth-order valence-electron chi connectivity index (χ4n) is 4.05. The number of esters is 2. The number of hydrogen-bond donors (Lipinski definition) is 2. The number of carbonyl (C=O) groups excluding carboxylic acids is 4. The summed E-state index contributed by atoms with van der Waals surface area (Å²) in [6.45, 7) is 1.51. The number of anilines is 2. The van der Waals surface area contributed by atoms with Gasteiger partial charge in [-0.1, -0.05) is 24.3 Å². The molecule has 0 bridgehead atoms. The average molecular weight is 545 g/mol. The lowest BCUT2D eigenvalue weighted by atomic mass is 10.0. The molecule has 202 valence electrons. The molecule has 0 heterocycles. The van der Waals surface area contributed by atoms with Crippen molar-refractivity contribution < 1.29 is 28.7 Å². The molecular formula is C33H24N2O6. The molecule has 0 unspecified atom stereocenters. The number of hydrogen-bond acceptors (Lipinski definition) is 7. The van der Waals surface area contributed by atoms with Crippen LogP contribution in [0.25, 0.3) is 10.8 Å². The lowest BCUT2D eigenvalue weighted by molar-refractivity contribution is 0.0725. The van der Waals surface area contributed by atoms with Crippen LogP contribution < -0.4 is 20.5 Å². The largest absolute Gasteiger partial charge is 0.423 e. The summed E-state index contributed by atoms with van der Waals surface area (Å²) in [5, 5.41) is 4.43. The summed E-state index contributed by atoms with van der Waals surface area (Å²) in [4.78, 5) is 49.6. The van der Waals surface area contributed by atoms with E-state index in [-0.39, 0.29) is 16.9 Å². The number of ketones is 1. The van der Waals surface area contributed by atoms with Crippen molar-refractivity contribution in [3.63, 3.8) is 0 Å². The van der Waals surface area contributed by atoms with Crippen molar-refractivity contribution in [2.45, 2.75) is 6.92 Å². The van der Waals surface area contributed by atoms with Crippen molar-refractivity contribution in [1.82, 2.24) is 0 Å². The van der Waals surface area contributed by atoms with E-state index in [0.717, 1.165) is 10.8 Å². The molecule has 0 aliphatic rings. The number of rotatable bonds is 7. The van der Waals surface area contributed by atoms with Gasteiger partial charge in [-0.15, -0.1) is 0 Å². The van der Waals surface area contributed by atoms with Crippen molar-refractivity contribution >= 4 is 45.8 Å². The predicted molar refractivity (Wildman–Crippen MR) is 156 cm³/mol. The van der Waals surface area contributed by atoms with Gasteiger partial charge in [0.15, 0.2) is 5.78 Å². The molecule has 8 heteroatoms. The number of ether oxygens (including phenoxy) is 2. The first-order valence-electron chi connectivity index (χ1n) is 12.6. The maximum atomic E-state index is 12.9. The van der Waals surface area contributed by atoms with E-state index in [0.29, 0.717) is 34.0 Å². The molecule has 0 saturated heterocycles. The van der Waals surface area contributed by atoms with Gasteiger partial charge in [-0.3, -0.25) is 9.59 Å². The summed E-state index contributed by atoms with van der Waals surface area (Å²) >= 11 is 0. The summed E-state index contributed by atoms with van der Waals surface area (Å²) in [5.41, 5.74) is 8.08. The standard InChI is InChI=1S/C33H24N2O6/c1-20(36)22-5-6-24-19-30(14-9-23(24)17-22)41-33(39)26-4-2-3-25(18-26)31(37)35-28-12-15-29(16-13-28)40-32(38)21-7-10-27(34)11-8-21/h2-19H,34H2,1H3,(H,35,37). The zero-order valence-electron chi connectivity index (χ0n) is 21.9. The fraction of sp³-hybridized carbons (Fsp3) is 0.0303. The van der Waals surface area contributed by atoms with Gasteiger partial charge in [0.2, 0.25) is 0 Å². The molecule has 0 aromatic heterocycles. The molecule has 3 N–H and O–H groups in total. The Morgan fingerprint density at radius 3 is 1.90 bits per heavy atom. The third-order valence-electron chi connectivity index (χ3n) is 6.26. The summed E-state index contributed by atoms with van der Waals surface area (Å²) in [7, 11) is 0. The third-order valence-corrected chi connectivity index (χ3v) is 6.26. The number of nitrogen functional groups attached to an aromatic ring is 1. The lowest BCUT2D eigenvalue weighted by Gasteiger charge is -2.09. The Morgan fingerprint density at radius 1 is 0.585 bits per heavy atom. The van der Waals surface area contributed by atoms with E-state index in [1.165, 1.54) is 13.0 Å². The molecule has 0 radical (unpaired) electrons. The van der Waals surface area contributed by atoms with Crippen molar-refractivity contribution in [3.8, 4) is 11.5 Å². The van der Waals surface area contributed by atoms with Crippen molar-refractivity contribution in [2.75, 3.05) is 11.1 Å². The molecule has 0 fully saturated rings. The highest BCUT2D eigenvalue weighted by atomic mass is 16.5. The van der Waals surface area contributed by atoms with Crippen LogP contribution in [-0.4, -0.2) is 23.6 Å². The topological polar surface area (TPSA) is 125 Å². The Hall–Kier alpha value is -5.76. The molecule has 0 aliphatic heterocycles. The number of nitrogens with two attached hydrogens (primary N) is 1. The minimum absolute atomic E-state index is 0.0285. The van der Waals surface area contributed by atoms with Gasteiger partial charge in [-0.25, -0.2) is 9.59 Å². The molecule has 0 atom stereocenters. The molecule has 0 saturated carbocycles. The van der Waals surface area contributed by atoms with E-state index in [2.05, 4.69) is 5.32 Å². The number of benzene rings is 5. The maximum absolute atomic E-state index is 12.9. The lowest BCUT2D eigenvalue weighted by Crippen LogP contribution is -2.14. The van der Waals surface area contributed by atoms with Crippen LogP contribution in [0.1, 0.15) is 48.4 Å². The van der Waals surface area contributed by atoms with Crippen LogP contribution in [0.15, 0.2) is 109 Å². The first kappa shape index (κ1) is 26.8. The third kappa shape index (κ3) is 6.46. The Labute approximate surface area is 235 Å². The SMILES string of the molecule is CC(=O)c1ccc2cc(OC(=O)c3cccc(C(=O)Nc4ccc(OC(=O)c5ccc(N)cc5)cc4)c3)ccc2c1. The fourth-order valence-corrected chi connectivity index (χ4v) is 4.05. The van der Waals surface area contributed by atoms with E-state index in [1.807, 2.05) is 0 Å². The number of carbonyl (C=O) groups is 4. The molecule has 0 aliphatic carbocycles. The van der Waals surface area contributed by atoms with Gasteiger partial charge in [-0.05, 0) is 103 Å². The van der Waals surface area contributed by atoms with Crippen LogP contribution in [0.5, 0.6) is 11.5 Å². The van der Waals surface area contributed by atoms with Gasteiger partial charge in [-0.2, -0.15) is 0 Å². The van der Waals surface area contributed by atoms with Crippen molar-refractivity contribution in [3.05, 3.63) is 131 Å². The van der Waals surface area contributed by atoms with E-state index in [9.17, 15) is 19.2 Å². The molecule has 0 spiro atoms. The van der Waals surface area contributed by atoms with E-state index in [1.54, 1.807) is 103 Å². The van der Waals surface area contributed by atoms with Crippen LogP contribution in [0.4, 0.5) is 11.4 Å². The zero-order valence-corrected chi connectivity index (χ0v) is 21.9. The highest BCUT2D eigenvalue weighted by molar-refractivity contribution is 6.06. The molecule has 1 amide bonds. The number of fused-ring (bicyclic) bond motifs is 1. The van der Waals surface area contributed by atoms with Crippen LogP contribution in [0, 0.1) is 0 Å². The molecule has 5 aromatic rings. The van der Waals surface area contributed by atoms with Crippen LogP contribution in [0.3, 0.4) is 0 Å². The minimum Gasteiger partial charge on any atom is -0.423 e. The summed E-state index contributed by atoms with van der Waals surface area (Å²) < 4.78 is 10.9. The Kier molecular flexibility index (Phi) is 7.56. The molecule has 8 nitrogen and oxygen atoms in total. The Morgan fingerprint density at radius 2 is 1.17 bits per heavy atom. The van der Waals surface area contributed by atoms with Gasteiger partial charge in [0.05, 0.1) is 11.1 Å². The zero-order chi connectivity index (χ0) is 28.9. The molecule has 5 aromatic carbocycles. The van der Waals surface area contributed by atoms with Crippen LogP contribution in [0.2, 0.25) is 0 Å². The quantitative estimate of drug-likeness (QED) is 0.106. The molecule has 5 rings (SSSR count). The van der Waals surface area contributed by atoms with Crippen molar-refractivity contribution in [2.24, 2.45) is 0 Å². The van der Waals surface area contributed by atoms with Gasteiger partial charge < -0.3 is 20.5 Å².